The number of alkyl halides is 4. The molecule has 4 nitrogen and oxygen atoms in total. The summed E-state index contributed by atoms with van der Waals surface area (Å²) in [7, 11) is -9.32. The highest BCUT2D eigenvalue weighted by Crippen LogP contribution is 2.21. The number of sulfone groups is 2. The summed E-state index contributed by atoms with van der Waals surface area (Å²) in [5.74, 6) is -7.01. The second-order valence-electron chi connectivity index (χ2n) is 5.08. The minimum atomic E-state index is -4.66. The van der Waals surface area contributed by atoms with Crippen molar-refractivity contribution >= 4 is 31.8 Å². The van der Waals surface area contributed by atoms with E-state index in [-0.39, 0.29) is 0 Å². The van der Waals surface area contributed by atoms with Crippen molar-refractivity contribution in [3.8, 4) is 0 Å². The van der Waals surface area contributed by atoms with Crippen LogP contribution in [0, 0.1) is 0 Å². The Morgan fingerprint density at radius 2 is 0.846 bits per heavy atom. The highest BCUT2D eigenvalue weighted by atomic mass is 32.2. The largest absolute Gasteiger partial charge is 0.341 e. The number of hydrogen-bond donors (Lipinski definition) is 0. The topological polar surface area (TPSA) is 68.3 Å². The van der Waals surface area contributed by atoms with Gasteiger partial charge in [-0.05, 0) is 35.4 Å². The Bertz CT molecular complexity index is 912. The molecule has 0 saturated carbocycles. The van der Waals surface area contributed by atoms with Crippen molar-refractivity contribution in [3.63, 3.8) is 0 Å². The van der Waals surface area contributed by atoms with Crippen molar-refractivity contribution in [2.24, 2.45) is 0 Å². The number of halogens is 4. The molecule has 10 heteroatoms. The van der Waals surface area contributed by atoms with E-state index in [9.17, 15) is 34.4 Å². The third-order valence-corrected chi connectivity index (χ3v) is 6.15. The second-order valence-corrected chi connectivity index (χ2v) is 8.92. The van der Waals surface area contributed by atoms with Gasteiger partial charge < -0.3 is 0 Å². The van der Waals surface area contributed by atoms with Crippen LogP contribution in [0.5, 0.6) is 0 Å². The van der Waals surface area contributed by atoms with Crippen LogP contribution < -0.4 is 0 Å². The van der Waals surface area contributed by atoms with Crippen molar-refractivity contribution in [1.82, 2.24) is 0 Å². The SMILES string of the molecule is O=S(=O)(c1ccc(/C=C/c2ccc(S(=O)(=O)C(F)F)cc2)cc1)C(F)F. The van der Waals surface area contributed by atoms with E-state index in [0.29, 0.717) is 11.1 Å². The van der Waals surface area contributed by atoms with E-state index >= 15 is 0 Å². The molecule has 0 unspecified atom stereocenters. The lowest BCUT2D eigenvalue weighted by molar-refractivity contribution is 0.234. The van der Waals surface area contributed by atoms with E-state index in [2.05, 4.69) is 0 Å². The Balaban J connectivity index is 2.18. The molecule has 0 aliphatic rings. The van der Waals surface area contributed by atoms with Gasteiger partial charge in [0.25, 0.3) is 0 Å². The summed E-state index contributed by atoms with van der Waals surface area (Å²) in [6, 6.07) is 9.45. The first kappa shape index (κ1) is 20.1. The van der Waals surface area contributed by atoms with Gasteiger partial charge in [-0.2, -0.15) is 17.6 Å². The Morgan fingerprint density at radius 1 is 0.577 bits per heavy atom. The molecule has 0 saturated heterocycles. The molecule has 0 fully saturated rings. The molecular weight excluding hydrogens is 396 g/mol. The highest BCUT2D eigenvalue weighted by Gasteiger charge is 2.26. The molecule has 0 atom stereocenters. The molecule has 0 N–H and O–H groups in total. The first-order chi connectivity index (χ1) is 12.0. The molecule has 0 aromatic heterocycles. The maximum absolute atomic E-state index is 12.4. The zero-order chi connectivity index (χ0) is 19.5. The standard InChI is InChI=1S/C16H12F4O4S2/c17-15(18)25(21,22)13-7-3-11(4-8-13)1-2-12-5-9-14(10-6-12)26(23,24)16(19)20/h1-10,15-16H/b2-1+. The maximum atomic E-state index is 12.4. The van der Waals surface area contributed by atoms with E-state index in [4.69, 9.17) is 0 Å². The van der Waals surface area contributed by atoms with Gasteiger partial charge in [0.05, 0.1) is 9.79 Å². The molecule has 0 spiro atoms. The van der Waals surface area contributed by atoms with E-state index in [1.165, 1.54) is 36.4 Å². The van der Waals surface area contributed by atoms with Crippen molar-refractivity contribution in [3.05, 3.63) is 59.7 Å². The predicted octanol–water partition coefficient (Wildman–Crippen LogP) is 3.85. The summed E-state index contributed by atoms with van der Waals surface area (Å²) >= 11 is 0. The second kappa shape index (κ2) is 7.58. The summed E-state index contributed by atoms with van der Waals surface area (Å²) in [6.07, 6.45) is 3.05. The minimum absolute atomic E-state index is 0.502. The van der Waals surface area contributed by atoms with Gasteiger partial charge in [0.15, 0.2) is 0 Å². The van der Waals surface area contributed by atoms with Gasteiger partial charge in [0.2, 0.25) is 19.7 Å². The normalized spacial score (nSPS) is 13.0. The number of rotatable bonds is 6. The van der Waals surface area contributed by atoms with E-state index in [1.54, 1.807) is 0 Å². The Hall–Kier alpha value is -2.20. The summed E-state index contributed by atoms with van der Waals surface area (Å²) in [5.41, 5.74) is 1.00. The van der Waals surface area contributed by atoms with Crippen LogP contribution in [-0.4, -0.2) is 28.4 Å². The molecular formula is C16H12F4O4S2. The van der Waals surface area contributed by atoms with Crippen LogP contribution >= 0.6 is 0 Å². The Morgan fingerprint density at radius 3 is 1.08 bits per heavy atom. The minimum Gasteiger partial charge on any atom is -0.218 e. The quantitative estimate of drug-likeness (QED) is 0.538. The molecule has 0 bridgehead atoms. The van der Waals surface area contributed by atoms with Crippen molar-refractivity contribution in [2.45, 2.75) is 21.3 Å². The van der Waals surface area contributed by atoms with Crippen molar-refractivity contribution in [1.29, 1.82) is 0 Å². The fraction of sp³-hybridized carbons (Fsp3) is 0.125. The van der Waals surface area contributed by atoms with Crippen LogP contribution in [-0.2, 0) is 19.7 Å². The van der Waals surface area contributed by atoms with Crippen molar-refractivity contribution < 1.29 is 34.4 Å². The average molecular weight is 408 g/mol. The third-order valence-electron chi connectivity index (χ3n) is 3.35. The third kappa shape index (κ3) is 4.31. The first-order valence-corrected chi connectivity index (χ1v) is 10.1. The van der Waals surface area contributed by atoms with Gasteiger partial charge in [-0.15, -0.1) is 0 Å². The molecule has 2 aromatic carbocycles. The summed E-state index contributed by atoms with van der Waals surface area (Å²) in [4.78, 5) is -1.02. The lowest BCUT2D eigenvalue weighted by atomic mass is 10.1. The van der Waals surface area contributed by atoms with Crippen LogP contribution in [0.1, 0.15) is 11.1 Å². The van der Waals surface area contributed by atoms with Crippen LogP contribution in [0.4, 0.5) is 17.6 Å². The van der Waals surface area contributed by atoms with Crippen LogP contribution in [0.15, 0.2) is 58.3 Å². The molecule has 26 heavy (non-hydrogen) atoms. The molecule has 0 heterocycles. The van der Waals surface area contributed by atoms with Gasteiger partial charge in [-0.25, -0.2) is 16.8 Å². The number of benzene rings is 2. The van der Waals surface area contributed by atoms with Gasteiger partial charge in [0.1, 0.15) is 0 Å². The predicted molar refractivity (Wildman–Crippen MR) is 88.2 cm³/mol. The summed E-state index contributed by atoms with van der Waals surface area (Å²) in [6.45, 7) is 0. The molecule has 0 aliphatic heterocycles. The first-order valence-electron chi connectivity index (χ1n) is 6.97. The molecule has 0 radical (unpaired) electrons. The van der Waals surface area contributed by atoms with Gasteiger partial charge in [-0.3, -0.25) is 0 Å². The summed E-state index contributed by atoms with van der Waals surface area (Å²) in [5, 5.41) is 0. The fourth-order valence-corrected chi connectivity index (χ4v) is 3.38. The smallest absolute Gasteiger partial charge is 0.218 e. The van der Waals surface area contributed by atoms with Gasteiger partial charge in [-0.1, -0.05) is 36.4 Å². The lowest BCUT2D eigenvalue weighted by Gasteiger charge is -2.04. The zero-order valence-corrected chi connectivity index (χ0v) is 14.5. The molecule has 2 rings (SSSR count). The molecule has 0 aliphatic carbocycles. The fourth-order valence-electron chi connectivity index (χ4n) is 1.94. The maximum Gasteiger partial charge on any atom is 0.341 e. The van der Waals surface area contributed by atoms with E-state index in [0.717, 1.165) is 24.3 Å². The lowest BCUT2D eigenvalue weighted by Crippen LogP contribution is -2.11. The Kier molecular flexibility index (Phi) is 5.87. The van der Waals surface area contributed by atoms with Crippen molar-refractivity contribution in [2.75, 3.05) is 0 Å². The monoisotopic (exact) mass is 408 g/mol. The molecule has 0 amide bonds. The van der Waals surface area contributed by atoms with E-state index < -0.39 is 41.0 Å². The number of hydrogen-bond acceptors (Lipinski definition) is 4. The van der Waals surface area contributed by atoms with Gasteiger partial charge >= 0.3 is 11.5 Å². The average Bonchev–Trinajstić information content (AvgIpc) is 2.60. The van der Waals surface area contributed by atoms with E-state index in [1.807, 2.05) is 0 Å². The zero-order valence-electron chi connectivity index (χ0n) is 12.9. The van der Waals surface area contributed by atoms with Gasteiger partial charge in [0, 0.05) is 0 Å². The van der Waals surface area contributed by atoms with Crippen LogP contribution in [0.25, 0.3) is 12.2 Å². The highest BCUT2D eigenvalue weighted by molar-refractivity contribution is 7.92. The van der Waals surface area contributed by atoms with Crippen LogP contribution in [0.3, 0.4) is 0 Å². The molecule has 2 aromatic rings. The molecule has 140 valence electrons. The summed E-state index contributed by atoms with van der Waals surface area (Å²) < 4.78 is 95.0. The Labute approximate surface area is 147 Å². The van der Waals surface area contributed by atoms with Crippen LogP contribution in [0.2, 0.25) is 0 Å².